The summed E-state index contributed by atoms with van der Waals surface area (Å²) in [5.41, 5.74) is 16.4. The van der Waals surface area contributed by atoms with Crippen molar-refractivity contribution in [1.82, 2.24) is 4.57 Å². The molecular formula is C62H42N2. The van der Waals surface area contributed by atoms with Gasteiger partial charge in [-0.15, -0.1) is 0 Å². The number of rotatable bonds is 8. The highest BCUT2D eigenvalue weighted by molar-refractivity contribution is 6.09. The number of benzene rings is 11. The minimum Gasteiger partial charge on any atom is -0.311 e. The summed E-state index contributed by atoms with van der Waals surface area (Å²) in [5, 5.41) is 7.54. The number of hydrogen-bond acceptors (Lipinski definition) is 1. The first-order valence-corrected chi connectivity index (χ1v) is 22.0. The molecule has 0 saturated heterocycles. The van der Waals surface area contributed by atoms with Crippen LogP contribution in [0.2, 0.25) is 0 Å². The van der Waals surface area contributed by atoms with Gasteiger partial charge >= 0.3 is 0 Å². The molecule has 1 aromatic heterocycles. The first-order chi connectivity index (χ1) is 31.7. The number of para-hydroxylation sites is 2. The van der Waals surface area contributed by atoms with Crippen LogP contribution in [0, 0.1) is 0 Å². The molecule has 0 aliphatic rings. The highest BCUT2D eigenvalue weighted by Crippen LogP contribution is 2.39. The van der Waals surface area contributed by atoms with Gasteiger partial charge in [-0.25, -0.2) is 0 Å². The van der Waals surface area contributed by atoms with Crippen LogP contribution in [0.5, 0.6) is 0 Å². The van der Waals surface area contributed by atoms with Gasteiger partial charge in [0.05, 0.1) is 11.0 Å². The Morgan fingerprint density at radius 3 is 1.08 bits per heavy atom. The lowest BCUT2D eigenvalue weighted by molar-refractivity contribution is 1.17. The lowest BCUT2D eigenvalue weighted by Crippen LogP contribution is -2.10. The third-order valence-corrected chi connectivity index (χ3v) is 12.8. The minimum atomic E-state index is 1.09. The Kier molecular flexibility index (Phi) is 9.20. The van der Waals surface area contributed by atoms with Gasteiger partial charge in [-0.1, -0.05) is 176 Å². The second kappa shape index (κ2) is 15.8. The Morgan fingerprint density at radius 2 is 0.578 bits per heavy atom. The van der Waals surface area contributed by atoms with Gasteiger partial charge in [0, 0.05) is 33.5 Å². The number of aromatic nitrogens is 1. The van der Waals surface area contributed by atoms with E-state index in [1.165, 1.54) is 87.9 Å². The normalized spacial score (nSPS) is 11.4. The molecule has 0 fully saturated rings. The molecule has 0 saturated carbocycles. The lowest BCUT2D eigenvalue weighted by atomic mass is 9.97. The quantitative estimate of drug-likeness (QED) is 0.148. The Bertz CT molecular complexity index is 3580. The second-order valence-corrected chi connectivity index (χ2v) is 16.6. The molecule has 1 heterocycles. The average Bonchev–Trinajstić information content (AvgIpc) is 3.71. The van der Waals surface area contributed by atoms with E-state index in [4.69, 9.17) is 0 Å². The molecule has 0 aliphatic carbocycles. The van der Waals surface area contributed by atoms with Crippen LogP contribution in [0.4, 0.5) is 17.1 Å². The van der Waals surface area contributed by atoms with Crippen molar-refractivity contribution in [2.75, 3.05) is 4.90 Å². The van der Waals surface area contributed by atoms with Crippen molar-refractivity contribution in [2.45, 2.75) is 0 Å². The van der Waals surface area contributed by atoms with Gasteiger partial charge in [0.15, 0.2) is 0 Å². The lowest BCUT2D eigenvalue weighted by Gasteiger charge is -2.26. The molecule has 300 valence electrons. The summed E-state index contributed by atoms with van der Waals surface area (Å²) in [7, 11) is 0. The average molecular weight is 815 g/mol. The molecule has 0 atom stereocenters. The predicted molar refractivity (Wildman–Crippen MR) is 272 cm³/mol. The largest absolute Gasteiger partial charge is 0.311 e. The van der Waals surface area contributed by atoms with Gasteiger partial charge in [0.2, 0.25) is 0 Å². The topological polar surface area (TPSA) is 8.17 Å². The second-order valence-electron chi connectivity index (χ2n) is 16.6. The van der Waals surface area contributed by atoms with E-state index in [0.29, 0.717) is 0 Å². The molecule has 0 bridgehead atoms. The monoisotopic (exact) mass is 814 g/mol. The van der Waals surface area contributed by atoms with Crippen molar-refractivity contribution in [3.8, 4) is 50.2 Å². The van der Waals surface area contributed by atoms with Gasteiger partial charge in [-0.2, -0.15) is 0 Å². The SMILES string of the molecule is c1cc(-c2ccc(N(c3ccc(-c4ccc(-c5ccc6ccccc6c5)cc4)cc3)c3ccc(-n4c5ccccc5c5ccccc54)cc3)cc2)cc(-c2ccc3ccccc3c2)c1. The summed E-state index contributed by atoms with van der Waals surface area (Å²) in [5.74, 6) is 0. The maximum atomic E-state index is 2.37. The predicted octanol–water partition coefficient (Wildman–Crippen LogP) is 17.2. The fourth-order valence-electron chi connectivity index (χ4n) is 9.48. The van der Waals surface area contributed by atoms with Gasteiger partial charge in [0.25, 0.3) is 0 Å². The van der Waals surface area contributed by atoms with Gasteiger partial charge in [0.1, 0.15) is 0 Å². The summed E-state index contributed by atoms with van der Waals surface area (Å²) in [4.78, 5) is 2.36. The highest BCUT2D eigenvalue weighted by Gasteiger charge is 2.16. The minimum absolute atomic E-state index is 1.09. The first-order valence-electron chi connectivity index (χ1n) is 22.0. The summed E-state index contributed by atoms with van der Waals surface area (Å²) in [6.07, 6.45) is 0. The van der Waals surface area contributed by atoms with Crippen LogP contribution in [0.1, 0.15) is 0 Å². The smallest absolute Gasteiger partial charge is 0.0541 e. The van der Waals surface area contributed by atoms with Crippen LogP contribution in [0.3, 0.4) is 0 Å². The van der Waals surface area contributed by atoms with E-state index < -0.39 is 0 Å². The van der Waals surface area contributed by atoms with Crippen molar-refractivity contribution in [3.63, 3.8) is 0 Å². The van der Waals surface area contributed by atoms with E-state index in [1.54, 1.807) is 0 Å². The van der Waals surface area contributed by atoms with E-state index in [2.05, 4.69) is 264 Å². The number of fused-ring (bicyclic) bond motifs is 5. The van der Waals surface area contributed by atoms with Crippen molar-refractivity contribution in [1.29, 1.82) is 0 Å². The zero-order valence-corrected chi connectivity index (χ0v) is 35.1. The summed E-state index contributed by atoms with van der Waals surface area (Å²) in [6.45, 7) is 0. The van der Waals surface area contributed by atoms with Crippen LogP contribution >= 0.6 is 0 Å². The molecule has 0 unspecified atom stereocenters. The van der Waals surface area contributed by atoms with Crippen molar-refractivity contribution in [3.05, 3.63) is 255 Å². The van der Waals surface area contributed by atoms with Crippen LogP contribution in [0.15, 0.2) is 255 Å². The van der Waals surface area contributed by atoms with Crippen molar-refractivity contribution in [2.24, 2.45) is 0 Å². The molecular weight excluding hydrogens is 773 g/mol. The molecule has 0 spiro atoms. The molecule has 2 heteroatoms. The molecule has 11 aromatic carbocycles. The Balaban J connectivity index is 0.891. The molecule has 12 aromatic rings. The molecule has 12 rings (SSSR count). The van der Waals surface area contributed by atoms with Crippen LogP contribution < -0.4 is 4.90 Å². The van der Waals surface area contributed by atoms with E-state index in [-0.39, 0.29) is 0 Å². The Hall–Kier alpha value is -8.46. The molecule has 64 heavy (non-hydrogen) atoms. The Labute approximate surface area is 373 Å². The van der Waals surface area contributed by atoms with E-state index in [0.717, 1.165) is 22.7 Å². The van der Waals surface area contributed by atoms with Crippen molar-refractivity contribution < 1.29 is 0 Å². The molecule has 0 amide bonds. The first kappa shape index (κ1) is 37.3. The van der Waals surface area contributed by atoms with Crippen LogP contribution in [0.25, 0.3) is 93.5 Å². The maximum Gasteiger partial charge on any atom is 0.0541 e. The molecule has 0 aliphatic heterocycles. The third-order valence-electron chi connectivity index (χ3n) is 12.8. The van der Waals surface area contributed by atoms with Gasteiger partial charge < -0.3 is 9.47 Å². The molecule has 2 nitrogen and oxygen atoms in total. The third kappa shape index (κ3) is 6.79. The number of nitrogens with zero attached hydrogens (tertiary/aromatic N) is 2. The number of hydrogen-bond donors (Lipinski definition) is 0. The summed E-state index contributed by atoms with van der Waals surface area (Å²) in [6, 6.07) is 92.7. The van der Waals surface area contributed by atoms with Gasteiger partial charge in [-0.05, 0) is 145 Å². The van der Waals surface area contributed by atoms with E-state index in [1.807, 2.05) is 0 Å². The Morgan fingerprint density at radius 1 is 0.234 bits per heavy atom. The highest BCUT2D eigenvalue weighted by atomic mass is 15.1. The maximum absolute atomic E-state index is 2.37. The van der Waals surface area contributed by atoms with E-state index in [9.17, 15) is 0 Å². The van der Waals surface area contributed by atoms with E-state index >= 15 is 0 Å². The van der Waals surface area contributed by atoms with Crippen LogP contribution in [-0.4, -0.2) is 4.57 Å². The standard InChI is InChI=1S/C62H42N2/c1-3-12-49-41-53(26-24-43(49)10-1)47-22-20-45(21-23-47)46-28-32-55(33-29-46)63(57-36-38-58(39-37-57)64-61-18-7-5-16-59(61)60-17-6-8-19-62(60)64)56-34-30-48(31-35-56)51-14-9-15-52(40-51)54-27-25-44-11-2-4-13-50(44)42-54/h1-42H. The molecule has 0 N–H and O–H groups in total. The van der Waals surface area contributed by atoms with Crippen molar-refractivity contribution >= 4 is 60.4 Å². The van der Waals surface area contributed by atoms with Crippen LogP contribution in [-0.2, 0) is 0 Å². The molecule has 0 radical (unpaired) electrons. The zero-order chi connectivity index (χ0) is 42.4. The van der Waals surface area contributed by atoms with Gasteiger partial charge in [-0.3, -0.25) is 0 Å². The summed E-state index contributed by atoms with van der Waals surface area (Å²) < 4.78 is 2.37. The summed E-state index contributed by atoms with van der Waals surface area (Å²) >= 11 is 0. The number of anilines is 3. The fraction of sp³-hybridized carbons (Fsp3) is 0. The fourth-order valence-corrected chi connectivity index (χ4v) is 9.48. The zero-order valence-electron chi connectivity index (χ0n) is 35.1.